The van der Waals surface area contributed by atoms with E-state index in [4.69, 9.17) is 9.26 Å². The molecule has 0 saturated carbocycles. The van der Waals surface area contributed by atoms with Crippen LogP contribution in [-0.4, -0.2) is 25.3 Å². The van der Waals surface area contributed by atoms with Crippen LogP contribution >= 0.6 is 0 Å². The number of aryl methyl sites for hydroxylation is 2. The molecular weight excluding hydrogens is 304 g/mol. The van der Waals surface area contributed by atoms with Crippen molar-refractivity contribution in [3.8, 4) is 5.75 Å². The van der Waals surface area contributed by atoms with Crippen LogP contribution in [0.1, 0.15) is 36.4 Å². The van der Waals surface area contributed by atoms with Gasteiger partial charge in [0.05, 0.1) is 12.8 Å². The number of nitrogens with one attached hydrogen (secondary N) is 2. The lowest BCUT2D eigenvalue weighted by molar-refractivity contribution is 0.380. The van der Waals surface area contributed by atoms with Crippen molar-refractivity contribution in [2.75, 3.05) is 14.2 Å². The Morgan fingerprint density at radius 2 is 1.83 bits per heavy atom. The highest BCUT2D eigenvalue weighted by Crippen LogP contribution is 2.15. The summed E-state index contributed by atoms with van der Waals surface area (Å²) in [6, 6.07) is 7.96. The summed E-state index contributed by atoms with van der Waals surface area (Å²) in [6.07, 6.45) is 1.69. The fourth-order valence-corrected chi connectivity index (χ4v) is 2.46. The number of guanidine groups is 1. The Balaban J connectivity index is 1.91. The standard InChI is InChI=1S/C18H26N4O2/c1-5-16-15(17(6-2)24-22-16)12-21-18(19-3)20-11-13-7-9-14(23-4)10-8-13/h7-10H,5-6,11-12H2,1-4H3,(H2,19,20,21). The number of nitrogens with zero attached hydrogens (tertiary/aromatic N) is 2. The Morgan fingerprint density at radius 3 is 2.42 bits per heavy atom. The molecular formula is C18H26N4O2. The number of aliphatic imine (C=N–C) groups is 1. The minimum absolute atomic E-state index is 0.651. The third kappa shape index (κ3) is 4.50. The average Bonchev–Trinajstić information content (AvgIpc) is 3.04. The molecule has 1 aromatic heterocycles. The molecule has 1 aromatic carbocycles. The minimum atomic E-state index is 0.651. The van der Waals surface area contributed by atoms with Crippen molar-refractivity contribution in [3.05, 3.63) is 46.8 Å². The first-order valence-corrected chi connectivity index (χ1v) is 8.25. The van der Waals surface area contributed by atoms with Crippen LogP contribution in [-0.2, 0) is 25.9 Å². The van der Waals surface area contributed by atoms with Gasteiger partial charge in [0.1, 0.15) is 11.5 Å². The van der Waals surface area contributed by atoms with E-state index < -0.39 is 0 Å². The Hall–Kier alpha value is -2.50. The Bertz CT molecular complexity index is 641. The highest BCUT2D eigenvalue weighted by Gasteiger charge is 2.13. The molecule has 0 unspecified atom stereocenters. The third-order valence-electron chi connectivity index (χ3n) is 3.88. The van der Waals surface area contributed by atoms with Gasteiger partial charge in [-0.2, -0.15) is 0 Å². The highest BCUT2D eigenvalue weighted by atomic mass is 16.5. The molecule has 0 aliphatic heterocycles. The summed E-state index contributed by atoms with van der Waals surface area (Å²) in [5.41, 5.74) is 3.30. The topological polar surface area (TPSA) is 71.7 Å². The molecule has 0 fully saturated rings. The van der Waals surface area contributed by atoms with Crippen LogP contribution in [0, 0.1) is 0 Å². The molecule has 0 spiro atoms. The Kier molecular flexibility index (Phi) is 6.66. The predicted molar refractivity (Wildman–Crippen MR) is 95.3 cm³/mol. The van der Waals surface area contributed by atoms with E-state index in [2.05, 4.69) is 34.6 Å². The minimum Gasteiger partial charge on any atom is -0.497 e. The van der Waals surface area contributed by atoms with Crippen LogP contribution in [0.15, 0.2) is 33.8 Å². The van der Waals surface area contributed by atoms with Crippen LogP contribution in [0.4, 0.5) is 0 Å². The molecule has 0 bridgehead atoms. The Morgan fingerprint density at radius 1 is 1.12 bits per heavy atom. The molecule has 24 heavy (non-hydrogen) atoms. The number of ether oxygens (including phenoxy) is 1. The number of methoxy groups -OCH3 is 1. The summed E-state index contributed by atoms with van der Waals surface area (Å²) in [4.78, 5) is 4.27. The smallest absolute Gasteiger partial charge is 0.191 e. The van der Waals surface area contributed by atoms with E-state index in [0.717, 1.165) is 47.1 Å². The van der Waals surface area contributed by atoms with E-state index in [1.807, 2.05) is 24.3 Å². The first kappa shape index (κ1) is 17.8. The second-order valence-electron chi connectivity index (χ2n) is 5.37. The lowest BCUT2D eigenvalue weighted by Crippen LogP contribution is -2.36. The molecule has 130 valence electrons. The summed E-state index contributed by atoms with van der Waals surface area (Å²) >= 11 is 0. The van der Waals surface area contributed by atoms with E-state index in [-0.39, 0.29) is 0 Å². The van der Waals surface area contributed by atoms with Gasteiger partial charge in [-0.1, -0.05) is 31.1 Å². The number of benzene rings is 1. The number of aromatic nitrogens is 1. The summed E-state index contributed by atoms with van der Waals surface area (Å²) in [5.74, 6) is 2.54. The molecule has 0 aliphatic carbocycles. The van der Waals surface area contributed by atoms with Gasteiger partial charge in [-0.25, -0.2) is 0 Å². The maximum Gasteiger partial charge on any atom is 0.191 e. The largest absolute Gasteiger partial charge is 0.497 e. The van der Waals surface area contributed by atoms with Crippen molar-refractivity contribution >= 4 is 5.96 Å². The lowest BCUT2D eigenvalue weighted by atomic mass is 10.1. The van der Waals surface area contributed by atoms with E-state index in [9.17, 15) is 0 Å². The van der Waals surface area contributed by atoms with E-state index in [0.29, 0.717) is 13.1 Å². The zero-order valence-corrected chi connectivity index (χ0v) is 14.8. The average molecular weight is 330 g/mol. The van der Waals surface area contributed by atoms with Gasteiger partial charge in [-0.15, -0.1) is 0 Å². The fourth-order valence-electron chi connectivity index (χ4n) is 2.46. The van der Waals surface area contributed by atoms with Crippen LogP contribution in [0.25, 0.3) is 0 Å². The van der Waals surface area contributed by atoms with Crippen LogP contribution < -0.4 is 15.4 Å². The molecule has 6 heteroatoms. The molecule has 0 amide bonds. The van der Waals surface area contributed by atoms with Gasteiger partial charge in [0.25, 0.3) is 0 Å². The maximum atomic E-state index is 5.39. The SMILES string of the molecule is CCc1noc(CC)c1CNC(=NC)NCc1ccc(OC)cc1. The molecule has 0 saturated heterocycles. The van der Waals surface area contributed by atoms with Crippen LogP contribution in [0.3, 0.4) is 0 Å². The molecule has 2 N–H and O–H groups in total. The number of hydrogen-bond donors (Lipinski definition) is 2. The molecule has 2 aromatic rings. The molecule has 6 nitrogen and oxygen atoms in total. The quantitative estimate of drug-likeness (QED) is 0.603. The van der Waals surface area contributed by atoms with Crippen molar-refractivity contribution in [2.45, 2.75) is 39.8 Å². The molecule has 2 rings (SSSR count). The molecule has 0 radical (unpaired) electrons. The molecule has 0 atom stereocenters. The van der Waals surface area contributed by atoms with Gasteiger partial charge in [-0.05, 0) is 24.1 Å². The van der Waals surface area contributed by atoms with Gasteiger partial charge in [0.15, 0.2) is 5.96 Å². The lowest BCUT2D eigenvalue weighted by Gasteiger charge is -2.12. The number of rotatable bonds is 7. The molecule has 0 aliphatic rings. The van der Waals surface area contributed by atoms with Crippen molar-refractivity contribution in [1.29, 1.82) is 0 Å². The first-order chi connectivity index (χ1) is 11.7. The van der Waals surface area contributed by atoms with Crippen molar-refractivity contribution < 1.29 is 9.26 Å². The summed E-state index contributed by atoms with van der Waals surface area (Å²) in [6.45, 7) is 5.49. The fraction of sp³-hybridized carbons (Fsp3) is 0.444. The Labute approximate surface area is 143 Å². The van der Waals surface area contributed by atoms with E-state index in [1.54, 1.807) is 14.2 Å². The van der Waals surface area contributed by atoms with Gasteiger partial charge < -0.3 is 19.9 Å². The van der Waals surface area contributed by atoms with E-state index in [1.165, 1.54) is 0 Å². The number of hydrogen-bond acceptors (Lipinski definition) is 4. The maximum absolute atomic E-state index is 5.39. The second kappa shape index (κ2) is 8.96. The summed E-state index contributed by atoms with van der Waals surface area (Å²) in [7, 11) is 3.43. The van der Waals surface area contributed by atoms with Gasteiger partial charge >= 0.3 is 0 Å². The zero-order valence-electron chi connectivity index (χ0n) is 14.8. The van der Waals surface area contributed by atoms with E-state index >= 15 is 0 Å². The second-order valence-corrected chi connectivity index (χ2v) is 5.37. The van der Waals surface area contributed by atoms with Gasteiger partial charge in [0, 0.05) is 32.1 Å². The summed E-state index contributed by atoms with van der Waals surface area (Å²) < 4.78 is 10.6. The predicted octanol–water partition coefficient (Wildman–Crippen LogP) is 2.67. The van der Waals surface area contributed by atoms with Gasteiger partial charge in [-0.3, -0.25) is 4.99 Å². The highest BCUT2D eigenvalue weighted by molar-refractivity contribution is 5.79. The van der Waals surface area contributed by atoms with Crippen molar-refractivity contribution in [1.82, 2.24) is 15.8 Å². The first-order valence-electron chi connectivity index (χ1n) is 8.25. The van der Waals surface area contributed by atoms with Crippen LogP contribution in [0.2, 0.25) is 0 Å². The van der Waals surface area contributed by atoms with Gasteiger partial charge in [0.2, 0.25) is 0 Å². The summed E-state index contributed by atoms with van der Waals surface area (Å²) in [5, 5.41) is 10.8. The van der Waals surface area contributed by atoms with Crippen molar-refractivity contribution in [3.63, 3.8) is 0 Å². The monoisotopic (exact) mass is 330 g/mol. The zero-order chi connectivity index (χ0) is 17.4. The van der Waals surface area contributed by atoms with Crippen molar-refractivity contribution in [2.24, 2.45) is 4.99 Å². The molecule has 1 heterocycles. The van der Waals surface area contributed by atoms with Crippen LogP contribution in [0.5, 0.6) is 5.75 Å². The third-order valence-corrected chi connectivity index (χ3v) is 3.88. The normalized spacial score (nSPS) is 11.4.